The molecule has 0 spiro atoms. The quantitative estimate of drug-likeness (QED) is 0.554. The summed E-state index contributed by atoms with van der Waals surface area (Å²) in [5, 5.41) is 0. The Kier molecular flexibility index (Phi) is 7.59. The van der Waals surface area contributed by atoms with Gasteiger partial charge in [0.25, 0.3) is 0 Å². The molecule has 0 aromatic heterocycles. The summed E-state index contributed by atoms with van der Waals surface area (Å²) >= 11 is 0. The number of para-hydroxylation sites is 1. The molecule has 0 unspecified atom stereocenters. The van der Waals surface area contributed by atoms with Gasteiger partial charge in [-0.1, -0.05) is 30.3 Å². The van der Waals surface area contributed by atoms with Crippen LogP contribution in [0.25, 0.3) is 0 Å². The van der Waals surface area contributed by atoms with E-state index < -0.39 is 17.9 Å². The van der Waals surface area contributed by atoms with E-state index in [2.05, 4.69) is 0 Å². The van der Waals surface area contributed by atoms with Crippen LogP contribution in [0.4, 0.5) is 11.4 Å². The summed E-state index contributed by atoms with van der Waals surface area (Å²) in [5.74, 6) is -1.47. The van der Waals surface area contributed by atoms with Crippen molar-refractivity contribution in [3.05, 3.63) is 82.7 Å². The van der Waals surface area contributed by atoms with E-state index in [0.29, 0.717) is 11.1 Å². The third-order valence-electron chi connectivity index (χ3n) is 5.78. The molecule has 3 rings (SSSR count). The Morgan fingerprint density at radius 2 is 1.30 bits per heavy atom. The summed E-state index contributed by atoms with van der Waals surface area (Å²) in [7, 11) is 3.94. The van der Waals surface area contributed by atoms with Gasteiger partial charge in [0.05, 0.1) is 30.3 Å². The Bertz CT molecular complexity index is 1030. The van der Waals surface area contributed by atoms with E-state index in [0.717, 1.165) is 28.3 Å². The second-order valence-electron chi connectivity index (χ2n) is 8.03. The molecule has 0 radical (unpaired) electrons. The largest absolute Gasteiger partial charge is 0.463 e. The van der Waals surface area contributed by atoms with E-state index in [4.69, 9.17) is 9.47 Å². The van der Waals surface area contributed by atoms with E-state index >= 15 is 0 Å². The first-order valence-corrected chi connectivity index (χ1v) is 11.2. The molecule has 6 heteroatoms. The SMILES string of the molecule is CCOC(=O)C1=C(C)N(c2ccccc2)C(C)=C(C(=O)OCC)C1c1ccc(N(C)C)cc1. The van der Waals surface area contributed by atoms with E-state index in [1.165, 1.54) is 0 Å². The molecule has 2 aromatic carbocycles. The number of hydrogen-bond acceptors (Lipinski definition) is 6. The zero-order valence-corrected chi connectivity index (χ0v) is 20.2. The summed E-state index contributed by atoms with van der Waals surface area (Å²) in [6.07, 6.45) is 0. The average Bonchev–Trinajstić information content (AvgIpc) is 2.79. The lowest BCUT2D eigenvalue weighted by molar-refractivity contribution is -0.139. The average molecular weight is 449 g/mol. The van der Waals surface area contributed by atoms with Crippen LogP contribution in [-0.2, 0) is 19.1 Å². The van der Waals surface area contributed by atoms with Crippen LogP contribution in [0.2, 0.25) is 0 Å². The topological polar surface area (TPSA) is 59.1 Å². The van der Waals surface area contributed by atoms with Gasteiger partial charge in [-0.2, -0.15) is 0 Å². The van der Waals surface area contributed by atoms with Crippen molar-refractivity contribution in [3.8, 4) is 0 Å². The second-order valence-corrected chi connectivity index (χ2v) is 8.03. The van der Waals surface area contributed by atoms with Crippen molar-refractivity contribution >= 4 is 23.3 Å². The minimum atomic E-state index is -0.598. The van der Waals surface area contributed by atoms with Crippen LogP contribution in [-0.4, -0.2) is 39.2 Å². The molecule has 1 aliphatic heterocycles. The molecule has 0 atom stereocenters. The highest BCUT2D eigenvalue weighted by atomic mass is 16.5. The number of carbonyl (C=O) groups is 2. The first kappa shape index (κ1) is 24.1. The highest BCUT2D eigenvalue weighted by molar-refractivity contribution is 6.01. The number of hydrogen-bond donors (Lipinski definition) is 0. The molecule has 0 saturated heterocycles. The molecular formula is C27H32N2O4. The van der Waals surface area contributed by atoms with Crippen molar-refractivity contribution in [2.75, 3.05) is 37.1 Å². The number of esters is 2. The Hall–Kier alpha value is -3.54. The summed E-state index contributed by atoms with van der Waals surface area (Å²) in [4.78, 5) is 30.5. The maximum absolute atomic E-state index is 13.3. The molecule has 0 fully saturated rings. The van der Waals surface area contributed by atoms with Crippen LogP contribution in [0, 0.1) is 0 Å². The first-order chi connectivity index (χ1) is 15.8. The number of benzene rings is 2. The predicted molar refractivity (Wildman–Crippen MR) is 131 cm³/mol. The number of rotatable bonds is 7. The van der Waals surface area contributed by atoms with Crippen molar-refractivity contribution in [2.45, 2.75) is 33.6 Å². The second kappa shape index (κ2) is 10.4. The van der Waals surface area contributed by atoms with Crippen LogP contribution < -0.4 is 9.80 Å². The van der Waals surface area contributed by atoms with Gasteiger partial charge in [0.2, 0.25) is 0 Å². The lowest BCUT2D eigenvalue weighted by Gasteiger charge is -2.38. The Balaban J connectivity index is 2.29. The Morgan fingerprint density at radius 1 is 0.818 bits per heavy atom. The van der Waals surface area contributed by atoms with E-state index in [1.54, 1.807) is 13.8 Å². The maximum atomic E-state index is 13.3. The van der Waals surface area contributed by atoms with Gasteiger partial charge in [-0.15, -0.1) is 0 Å². The summed E-state index contributed by atoms with van der Waals surface area (Å²) in [5.41, 5.74) is 5.05. The standard InChI is InChI=1S/C27H32N2O4/c1-7-32-26(30)23-18(3)29(22-12-10-9-11-13-22)19(4)24(27(31)33-8-2)25(23)20-14-16-21(17-15-20)28(5)6/h9-17,25H,7-8H2,1-6H3. The van der Waals surface area contributed by atoms with Crippen LogP contribution >= 0.6 is 0 Å². The normalized spacial score (nSPS) is 14.4. The van der Waals surface area contributed by atoms with E-state index in [9.17, 15) is 9.59 Å². The molecule has 0 aliphatic carbocycles. The highest BCUT2D eigenvalue weighted by Gasteiger charge is 2.41. The molecule has 0 saturated carbocycles. The molecular weight excluding hydrogens is 416 g/mol. The summed E-state index contributed by atoms with van der Waals surface area (Å²) < 4.78 is 10.9. The van der Waals surface area contributed by atoms with Crippen LogP contribution in [0.15, 0.2) is 77.1 Å². The summed E-state index contributed by atoms with van der Waals surface area (Å²) in [6.45, 7) is 7.83. The van der Waals surface area contributed by atoms with E-state index in [1.807, 2.05) is 92.3 Å². The zero-order valence-electron chi connectivity index (χ0n) is 20.2. The Morgan fingerprint density at radius 3 is 1.73 bits per heavy atom. The lowest BCUT2D eigenvalue weighted by atomic mass is 9.79. The van der Waals surface area contributed by atoms with Crippen molar-refractivity contribution in [1.82, 2.24) is 0 Å². The fourth-order valence-corrected chi connectivity index (χ4v) is 4.27. The fourth-order valence-electron chi connectivity index (χ4n) is 4.27. The van der Waals surface area contributed by atoms with Gasteiger partial charge in [-0.25, -0.2) is 9.59 Å². The molecule has 33 heavy (non-hydrogen) atoms. The van der Waals surface area contributed by atoms with Crippen LogP contribution in [0.1, 0.15) is 39.2 Å². The molecule has 2 aromatic rings. The molecule has 0 amide bonds. The van der Waals surface area contributed by atoms with Crippen molar-refractivity contribution < 1.29 is 19.1 Å². The minimum Gasteiger partial charge on any atom is -0.463 e. The van der Waals surface area contributed by atoms with E-state index in [-0.39, 0.29) is 13.2 Å². The fraction of sp³-hybridized carbons (Fsp3) is 0.333. The minimum absolute atomic E-state index is 0.241. The highest BCUT2D eigenvalue weighted by Crippen LogP contribution is 2.44. The van der Waals surface area contributed by atoms with Gasteiger partial charge < -0.3 is 19.3 Å². The zero-order chi connectivity index (χ0) is 24.1. The predicted octanol–water partition coefficient (Wildman–Crippen LogP) is 5.03. The monoisotopic (exact) mass is 448 g/mol. The number of nitrogens with zero attached hydrogens (tertiary/aromatic N) is 2. The maximum Gasteiger partial charge on any atom is 0.336 e. The number of anilines is 2. The van der Waals surface area contributed by atoms with Crippen molar-refractivity contribution in [1.29, 1.82) is 0 Å². The molecule has 6 nitrogen and oxygen atoms in total. The lowest BCUT2D eigenvalue weighted by Crippen LogP contribution is -2.35. The number of allylic oxidation sites excluding steroid dienone is 2. The van der Waals surface area contributed by atoms with Gasteiger partial charge in [-0.05, 0) is 57.5 Å². The molecule has 1 aliphatic rings. The molecule has 0 N–H and O–H groups in total. The van der Waals surface area contributed by atoms with Gasteiger partial charge in [0.15, 0.2) is 0 Å². The molecule has 1 heterocycles. The van der Waals surface area contributed by atoms with Gasteiger partial charge >= 0.3 is 11.9 Å². The number of ether oxygens (including phenoxy) is 2. The van der Waals surface area contributed by atoms with Crippen LogP contribution in [0.3, 0.4) is 0 Å². The van der Waals surface area contributed by atoms with Gasteiger partial charge in [0.1, 0.15) is 0 Å². The van der Waals surface area contributed by atoms with Gasteiger partial charge in [0, 0.05) is 36.9 Å². The third-order valence-corrected chi connectivity index (χ3v) is 5.78. The molecule has 174 valence electrons. The van der Waals surface area contributed by atoms with Crippen molar-refractivity contribution in [2.24, 2.45) is 0 Å². The smallest absolute Gasteiger partial charge is 0.336 e. The van der Waals surface area contributed by atoms with Crippen molar-refractivity contribution in [3.63, 3.8) is 0 Å². The summed E-state index contributed by atoms with van der Waals surface area (Å²) in [6, 6.07) is 17.6. The molecule has 0 bridgehead atoms. The third kappa shape index (κ3) is 4.80. The first-order valence-electron chi connectivity index (χ1n) is 11.2. The van der Waals surface area contributed by atoms with Crippen LogP contribution in [0.5, 0.6) is 0 Å². The van der Waals surface area contributed by atoms with Gasteiger partial charge in [-0.3, -0.25) is 0 Å². The Labute approximate surface area is 196 Å². The number of carbonyl (C=O) groups excluding carboxylic acids is 2.